The van der Waals surface area contributed by atoms with E-state index in [-0.39, 0.29) is 17.4 Å². The van der Waals surface area contributed by atoms with Crippen LogP contribution >= 0.6 is 0 Å². The minimum absolute atomic E-state index is 0.172. The number of piperidine rings is 1. The summed E-state index contributed by atoms with van der Waals surface area (Å²) in [6, 6.07) is 12.9. The topological polar surface area (TPSA) is 80.3 Å². The van der Waals surface area contributed by atoms with Gasteiger partial charge in [0.15, 0.2) is 11.5 Å². The molecular weight excluding hydrogens is 410 g/mol. The van der Waals surface area contributed by atoms with Gasteiger partial charge in [0.05, 0.1) is 26.7 Å². The second-order valence-corrected chi connectivity index (χ2v) is 8.28. The summed E-state index contributed by atoms with van der Waals surface area (Å²) >= 11 is 0. The van der Waals surface area contributed by atoms with Crippen LogP contribution in [0.5, 0.6) is 17.2 Å². The molecule has 0 aromatic heterocycles. The lowest BCUT2D eigenvalue weighted by Gasteiger charge is -2.52. The van der Waals surface area contributed by atoms with E-state index in [0.717, 1.165) is 17.9 Å². The summed E-state index contributed by atoms with van der Waals surface area (Å²) < 4.78 is 15.7. The van der Waals surface area contributed by atoms with Crippen molar-refractivity contribution in [3.63, 3.8) is 0 Å². The molecule has 2 aromatic rings. The summed E-state index contributed by atoms with van der Waals surface area (Å²) in [4.78, 5) is 29.3. The van der Waals surface area contributed by atoms with Crippen LogP contribution in [0.1, 0.15) is 18.4 Å². The van der Waals surface area contributed by atoms with Gasteiger partial charge in [0, 0.05) is 37.9 Å². The van der Waals surface area contributed by atoms with Gasteiger partial charge in [0.25, 0.3) is 0 Å². The van der Waals surface area contributed by atoms with Crippen molar-refractivity contribution in [3.05, 3.63) is 48.0 Å². The van der Waals surface area contributed by atoms with Crippen molar-refractivity contribution in [2.45, 2.75) is 19.4 Å². The minimum atomic E-state index is -0.327. The zero-order chi connectivity index (χ0) is 22.7. The molecule has 2 aliphatic rings. The quantitative estimate of drug-likeness (QED) is 0.698. The van der Waals surface area contributed by atoms with Gasteiger partial charge >= 0.3 is 6.03 Å². The lowest BCUT2D eigenvalue weighted by Crippen LogP contribution is -2.64. The zero-order valence-corrected chi connectivity index (χ0v) is 18.7. The third kappa shape index (κ3) is 4.17. The van der Waals surface area contributed by atoms with Gasteiger partial charge in [-0.3, -0.25) is 4.79 Å². The Bertz CT molecular complexity index is 984. The molecule has 3 amide bonds. The molecule has 1 N–H and O–H groups in total. The highest BCUT2D eigenvalue weighted by Gasteiger charge is 2.53. The first kappa shape index (κ1) is 21.8. The molecular formula is C24H29N3O5. The van der Waals surface area contributed by atoms with Gasteiger partial charge in [-0.25, -0.2) is 4.79 Å². The van der Waals surface area contributed by atoms with Crippen molar-refractivity contribution in [2.75, 3.05) is 46.3 Å². The average Bonchev–Trinajstić information content (AvgIpc) is 2.84. The number of nitrogens with one attached hydrogen (secondary N) is 1. The van der Waals surface area contributed by atoms with E-state index in [1.807, 2.05) is 29.2 Å². The molecule has 1 spiro atoms. The number of carbonyl (C=O) groups is 2. The molecule has 2 saturated heterocycles. The standard InChI is InChI=1S/C24H29N3O5/c1-30-19-7-4-17(5-8-19)15-27-16-24(22(27)28)10-12-26(13-11-24)23(29)25-18-6-9-20(31-2)21(14-18)32-3/h4-9,14H,10-13,15-16H2,1-3H3,(H,25,29). The number of carbonyl (C=O) groups excluding carboxylic acids is 2. The molecule has 0 bridgehead atoms. The number of hydrogen-bond acceptors (Lipinski definition) is 5. The van der Waals surface area contributed by atoms with E-state index in [4.69, 9.17) is 14.2 Å². The number of nitrogens with zero attached hydrogens (tertiary/aromatic N) is 2. The summed E-state index contributed by atoms with van der Waals surface area (Å²) in [6.45, 7) is 2.46. The molecule has 8 nitrogen and oxygen atoms in total. The second-order valence-electron chi connectivity index (χ2n) is 8.28. The maximum Gasteiger partial charge on any atom is 0.321 e. The van der Waals surface area contributed by atoms with E-state index in [9.17, 15) is 9.59 Å². The first-order chi connectivity index (χ1) is 15.5. The molecule has 2 heterocycles. The molecule has 0 aliphatic carbocycles. The monoisotopic (exact) mass is 439 g/mol. The van der Waals surface area contributed by atoms with Gasteiger partial charge in [-0.1, -0.05) is 12.1 Å². The van der Waals surface area contributed by atoms with Crippen LogP contribution in [0.2, 0.25) is 0 Å². The molecule has 0 atom stereocenters. The van der Waals surface area contributed by atoms with Crippen molar-refractivity contribution in [3.8, 4) is 17.2 Å². The van der Waals surface area contributed by atoms with E-state index in [2.05, 4.69) is 5.32 Å². The number of rotatable bonds is 6. The lowest BCUT2D eigenvalue weighted by atomic mass is 9.71. The molecule has 170 valence electrons. The molecule has 8 heteroatoms. The fourth-order valence-corrected chi connectivity index (χ4v) is 4.45. The normalized spacial score (nSPS) is 17.0. The van der Waals surface area contributed by atoms with Crippen molar-refractivity contribution in [1.29, 1.82) is 0 Å². The van der Waals surface area contributed by atoms with Crippen LogP contribution < -0.4 is 19.5 Å². The Labute approximate surface area is 188 Å². The summed E-state index contributed by atoms with van der Waals surface area (Å²) in [5, 5.41) is 2.91. The smallest absolute Gasteiger partial charge is 0.321 e. The van der Waals surface area contributed by atoms with Gasteiger partial charge in [-0.2, -0.15) is 0 Å². The molecule has 0 unspecified atom stereocenters. The number of ether oxygens (including phenoxy) is 3. The van der Waals surface area contributed by atoms with Gasteiger partial charge in [0.2, 0.25) is 5.91 Å². The van der Waals surface area contributed by atoms with E-state index < -0.39 is 0 Å². The Kier molecular flexibility index (Phi) is 6.12. The van der Waals surface area contributed by atoms with Crippen LogP contribution in [0.3, 0.4) is 0 Å². The first-order valence-corrected chi connectivity index (χ1v) is 10.7. The number of β-lactam (4-membered cyclic amide) rings is 1. The minimum Gasteiger partial charge on any atom is -0.497 e. The predicted molar refractivity (Wildman–Crippen MR) is 120 cm³/mol. The van der Waals surface area contributed by atoms with Crippen molar-refractivity contribution >= 4 is 17.6 Å². The Morgan fingerprint density at radius 2 is 1.66 bits per heavy atom. The fourth-order valence-electron chi connectivity index (χ4n) is 4.45. The van der Waals surface area contributed by atoms with Crippen LogP contribution in [-0.2, 0) is 11.3 Å². The summed E-state index contributed by atoms with van der Waals surface area (Å²) in [6.07, 6.45) is 1.37. The number of benzene rings is 2. The maximum atomic E-state index is 12.9. The number of hydrogen-bond donors (Lipinski definition) is 1. The van der Waals surface area contributed by atoms with E-state index in [1.165, 1.54) is 0 Å². The van der Waals surface area contributed by atoms with Crippen molar-refractivity contribution < 1.29 is 23.8 Å². The molecule has 2 aliphatic heterocycles. The number of amides is 3. The number of urea groups is 1. The SMILES string of the molecule is COc1ccc(CN2CC3(CCN(C(=O)Nc4ccc(OC)c(OC)c4)CC3)C2=O)cc1. The van der Waals surface area contributed by atoms with Gasteiger partial charge < -0.3 is 29.3 Å². The zero-order valence-electron chi connectivity index (χ0n) is 18.7. The summed E-state index contributed by atoms with van der Waals surface area (Å²) in [7, 11) is 4.76. The number of likely N-dealkylation sites (tertiary alicyclic amines) is 2. The highest BCUT2D eigenvalue weighted by molar-refractivity contribution is 5.91. The van der Waals surface area contributed by atoms with E-state index in [0.29, 0.717) is 49.7 Å². The van der Waals surface area contributed by atoms with Crippen LogP contribution in [0.25, 0.3) is 0 Å². The number of anilines is 1. The fraction of sp³-hybridized carbons (Fsp3) is 0.417. The molecule has 0 radical (unpaired) electrons. The van der Waals surface area contributed by atoms with Crippen molar-refractivity contribution in [1.82, 2.24) is 9.80 Å². The van der Waals surface area contributed by atoms with Crippen LogP contribution in [0, 0.1) is 5.41 Å². The van der Waals surface area contributed by atoms with Crippen LogP contribution in [0.4, 0.5) is 10.5 Å². The highest BCUT2D eigenvalue weighted by atomic mass is 16.5. The van der Waals surface area contributed by atoms with Gasteiger partial charge in [-0.15, -0.1) is 0 Å². The predicted octanol–water partition coefficient (Wildman–Crippen LogP) is 3.37. The summed E-state index contributed by atoms with van der Waals surface area (Å²) in [5.74, 6) is 2.15. The van der Waals surface area contributed by atoms with E-state index >= 15 is 0 Å². The molecule has 0 saturated carbocycles. The van der Waals surface area contributed by atoms with Gasteiger partial charge in [-0.05, 0) is 42.7 Å². The summed E-state index contributed by atoms with van der Waals surface area (Å²) in [5.41, 5.74) is 1.39. The molecule has 2 fully saturated rings. The Morgan fingerprint density at radius 1 is 0.969 bits per heavy atom. The van der Waals surface area contributed by atoms with Crippen LogP contribution in [-0.4, -0.2) is 62.7 Å². The van der Waals surface area contributed by atoms with Crippen LogP contribution in [0.15, 0.2) is 42.5 Å². The first-order valence-electron chi connectivity index (χ1n) is 10.7. The maximum absolute atomic E-state index is 12.9. The van der Waals surface area contributed by atoms with Crippen molar-refractivity contribution in [2.24, 2.45) is 5.41 Å². The third-order valence-corrected chi connectivity index (χ3v) is 6.41. The van der Waals surface area contributed by atoms with E-state index in [1.54, 1.807) is 44.4 Å². The number of methoxy groups -OCH3 is 3. The van der Waals surface area contributed by atoms with Gasteiger partial charge in [0.1, 0.15) is 5.75 Å². The third-order valence-electron chi connectivity index (χ3n) is 6.41. The highest BCUT2D eigenvalue weighted by Crippen LogP contribution is 2.42. The average molecular weight is 440 g/mol. The second kappa shape index (κ2) is 8.98. The Morgan fingerprint density at radius 3 is 2.25 bits per heavy atom. The lowest BCUT2D eigenvalue weighted by molar-refractivity contribution is -0.165. The molecule has 32 heavy (non-hydrogen) atoms. The molecule has 4 rings (SSSR count). The molecule has 2 aromatic carbocycles. The Balaban J connectivity index is 1.29. The Hall–Kier alpha value is -3.42. The largest absolute Gasteiger partial charge is 0.497 e.